The van der Waals surface area contributed by atoms with E-state index >= 15 is 0 Å². The molecule has 1 unspecified atom stereocenters. The average Bonchev–Trinajstić information content (AvgIpc) is 2.20. The Balaban J connectivity index is 2.46. The van der Waals surface area contributed by atoms with Gasteiger partial charge < -0.3 is 15.7 Å². The molecule has 0 bridgehead atoms. The number of amides is 1. The van der Waals surface area contributed by atoms with E-state index in [4.69, 9.17) is 10.8 Å². The summed E-state index contributed by atoms with van der Waals surface area (Å²) in [6.45, 7) is 0.374. The number of hydrogen-bond acceptors (Lipinski definition) is 3. The van der Waals surface area contributed by atoms with Crippen molar-refractivity contribution in [3.8, 4) is 0 Å². The standard InChI is InChI=1S/C6H12N2O2/c7-5-1-2-6(10)8(5)3-4-9/h5,9H,1-4,7H2. The summed E-state index contributed by atoms with van der Waals surface area (Å²) in [6.07, 6.45) is 1.08. The summed E-state index contributed by atoms with van der Waals surface area (Å²) in [7, 11) is 0. The van der Waals surface area contributed by atoms with Gasteiger partial charge in [0.05, 0.1) is 12.8 Å². The van der Waals surface area contributed by atoms with Gasteiger partial charge in [-0.3, -0.25) is 4.79 Å². The highest BCUT2D eigenvalue weighted by atomic mass is 16.3. The second kappa shape index (κ2) is 2.98. The highest BCUT2D eigenvalue weighted by Crippen LogP contribution is 2.12. The molecule has 0 aromatic rings. The maximum Gasteiger partial charge on any atom is 0.224 e. The molecule has 0 spiro atoms. The number of carbonyl (C=O) groups excluding carboxylic acids is 1. The molecule has 1 aliphatic rings. The predicted molar refractivity (Wildman–Crippen MR) is 36.0 cm³/mol. The van der Waals surface area contributed by atoms with E-state index in [0.29, 0.717) is 13.0 Å². The molecule has 0 radical (unpaired) electrons. The molecule has 1 aliphatic heterocycles. The monoisotopic (exact) mass is 144 g/mol. The van der Waals surface area contributed by atoms with Crippen molar-refractivity contribution in [2.24, 2.45) is 5.73 Å². The van der Waals surface area contributed by atoms with Gasteiger partial charge in [-0.25, -0.2) is 0 Å². The molecule has 1 amide bonds. The van der Waals surface area contributed by atoms with Crippen LogP contribution in [-0.4, -0.2) is 35.2 Å². The van der Waals surface area contributed by atoms with Crippen molar-refractivity contribution in [3.05, 3.63) is 0 Å². The molecule has 0 saturated carbocycles. The van der Waals surface area contributed by atoms with Gasteiger partial charge in [-0.2, -0.15) is 0 Å². The van der Waals surface area contributed by atoms with E-state index in [1.54, 1.807) is 0 Å². The second-order valence-electron chi connectivity index (χ2n) is 2.42. The molecule has 1 atom stereocenters. The van der Waals surface area contributed by atoms with Gasteiger partial charge in [0, 0.05) is 13.0 Å². The first-order valence-electron chi connectivity index (χ1n) is 3.41. The Morgan fingerprint density at radius 2 is 2.50 bits per heavy atom. The predicted octanol–water partition coefficient (Wildman–Crippen LogP) is -1.11. The van der Waals surface area contributed by atoms with Crippen molar-refractivity contribution >= 4 is 5.91 Å². The Bertz CT molecular complexity index is 138. The summed E-state index contributed by atoms with van der Waals surface area (Å²) < 4.78 is 0. The van der Waals surface area contributed by atoms with E-state index in [1.807, 2.05) is 0 Å². The zero-order chi connectivity index (χ0) is 7.56. The lowest BCUT2D eigenvalue weighted by Crippen LogP contribution is -2.40. The molecule has 4 nitrogen and oxygen atoms in total. The molecule has 3 N–H and O–H groups in total. The highest BCUT2D eigenvalue weighted by Gasteiger charge is 2.26. The van der Waals surface area contributed by atoms with Crippen LogP contribution in [0.3, 0.4) is 0 Å². The first kappa shape index (κ1) is 7.50. The van der Waals surface area contributed by atoms with Gasteiger partial charge >= 0.3 is 0 Å². The SMILES string of the molecule is NC1CCC(=O)N1CCO. The van der Waals surface area contributed by atoms with E-state index < -0.39 is 0 Å². The molecule has 4 heteroatoms. The first-order chi connectivity index (χ1) is 4.75. The fourth-order valence-electron chi connectivity index (χ4n) is 1.15. The Hall–Kier alpha value is -0.610. The number of likely N-dealkylation sites (tertiary alicyclic amines) is 1. The quantitative estimate of drug-likeness (QED) is 0.516. The second-order valence-corrected chi connectivity index (χ2v) is 2.42. The number of nitrogens with zero attached hydrogens (tertiary/aromatic N) is 1. The summed E-state index contributed by atoms with van der Waals surface area (Å²) in [6, 6.07) is 0. The van der Waals surface area contributed by atoms with E-state index in [1.165, 1.54) is 4.90 Å². The number of β-amino-alcohol motifs (C(OH)–C–C–N with tert-alkyl or cyclic N) is 1. The number of rotatable bonds is 2. The molecule has 1 saturated heterocycles. The van der Waals surface area contributed by atoms with Crippen LogP contribution in [0.15, 0.2) is 0 Å². The lowest BCUT2D eigenvalue weighted by atomic mass is 10.3. The van der Waals surface area contributed by atoms with Crippen molar-refractivity contribution in [2.45, 2.75) is 19.0 Å². The third-order valence-corrected chi connectivity index (χ3v) is 1.72. The van der Waals surface area contributed by atoms with Crippen LogP contribution in [0.5, 0.6) is 0 Å². The summed E-state index contributed by atoms with van der Waals surface area (Å²) >= 11 is 0. The van der Waals surface area contributed by atoms with Crippen LogP contribution in [0.2, 0.25) is 0 Å². The van der Waals surface area contributed by atoms with Crippen LogP contribution >= 0.6 is 0 Å². The van der Waals surface area contributed by atoms with Gasteiger partial charge in [0.2, 0.25) is 5.91 Å². The largest absolute Gasteiger partial charge is 0.395 e. The number of hydrogen-bond donors (Lipinski definition) is 2. The Morgan fingerprint density at radius 1 is 1.80 bits per heavy atom. The molecule has 58 valence electrons. The third kappa shape index (κ3) is 1.27. The van der Waals surface area contributed by atoms with Crippen molar-refractivity contribution in [3.63, 3.8) is 0 Å². The zero-order valence-corrected chi connectivity index (χ0v) is 5.79. The number of aliphatic hydroxyl groups excluding tert-OH is 1. The molecule has 10 heavy (non-hydrogen) atoms. The van der Waals surface area contributed by atoms with Crippen LogP contribution in [0.1, 0.15) is 12.8 Å². The fraction of sp³-hybridized carbons (Fsp3) is 0.833. The Labute approximate surface area is 59.6 Å². The van der Waals surface area contributed by atoms with E-state index in [-0.39, 0.29) is 18.7 Å². The number of carbonyl (C=O) groups is 1. The van der Waals surface area contributed by atoms with Crippen LogP contribution in [0.4, 0.5) is 0 Å². The lowest BCUT2D eigenvalue weighted by molar-refractivity contribution is -0.129. The summed E-state index contributed by atoms with van der Waals surface area (Å²) in [5.41, 5.74) is 5.55. The summed E-state index contributed by atoms with van der Waals surface area (Å²) in [4.78, 5) is 12.4. The van der Waals surface area contributed by atoms with Crippen LogP contribution in [0, 0.1) is 0 Å². The topological polar surface area (TPSA) is 66.6 Å². The molecule has 0 aromatic heterocycles. The van der Waals surface area contributed by atoms with Crippen molar-refractivity contribution in [1.29, 1.82) is 0 Å². The minimum absolute atomic E-state index is 0.000556. The van der Waals surface area contributed by atoms with Crippen LogP contribution in [0.25, 0.3) is 0 Å². The van der Waals surface area contributed by atoms with Crippen LogP contribution < -0.4 is 5.73 Å². The maximum atomic E-state index is 10.9. The summed E-state index contributed by atoms with van der Waals surface area (Å²) in [5.74, 6) is 0.0570. The maximum absolute atomic E-state index is 10.9. The van der Waals surface area contributed by atoms with E-state index in [2.05, 4.69) is 0 Å². The van der Waals surface area contributed by atoms with Crippen molar-refractivity contribution in [1.82, 2.24) is 4.90 Å². The third-order valence-electron chi connectivity index (χ3n) is 1.72. The number of nitrogens with two attached hydrogens (primary N) is 1. The zero-order valence-electron chi connectivity index (χ0n) is 5.79. The van der Waals surface area contributed by atoms with Gasteiger partial charge in [0.1, 0.15) is 0 Å². The molecule has 1 fully saturated rings. The Kier molecular flexibility index (Phi) is 2.24. The van der Waals surface area contributed by atoms with Gasteiger partial charge in [-0.15, -0.1) is 0 Å². The lowest BCUT2D eigenvalue weighted by Gasteiger charge is -2.19. The van der Waals surface area contributed by atoms with Gasteiger partial charge in [0.25, 0.3) is 0 Å². The fourth-order valence-corrected chi connectivity index (χ4v) is 1.15. The molecule has 1 rings (SSSR count). The molecule has 0 aliphatic carbocycles. The van der Waals surface area contributed by atoms with Crippen LogP contribution in [-0.2, 0) is 4.79 Å². The summed E-state index contributed by atoms with van der Waals surface area (Å²) in [5, 5.41) is 8.51. The average molecular weight is 144 g/mol. The van der Waals surface area contributed by atoms with Crippen molar-refractivity contribution < 1.29 is 9.90 Å². The molecular formula is C6H12N2O2. The molecule has 0 aromatic carbocycles. The Morgan fingerprint density at radius 3 is 2.90 bits per heavy atom. The minimum Gasteiger partial charge on any atom is -0.395 e. The number of aliphatic hydroxyl groups is 1. The molecule has 1 heterocycles. The minimum atomic E-state index is -0.167. The van der Waals surface area contributed by atoms with E-state index in [0.717, 1.165) is 6.42 Å². The van der Waals surface area contributed by atoms with Gasteiger partial charge in [0.15, 0.2) is 0 Å². The van der Waals surface area contributed by atoms with Crippen molar-refractivity contribution in [2.75, 3.05) is 13.2 Å². The van der Waals surface area contributed by atoms with E-state index in [9.17, 15) is 4.79 Å². The smallest absolute Gasteiger partial charge is 0.224 e. The highest BCUT2D eigenvalue weighted by molar-refractivity contribution is 5.78. The van der Waals surface area contributed by atoms with Gasteiger partial charge in [-0.05, 0) is 6.42 Å². The van der Waals surface area contributed by atoms with Gasteiger partial charge in [-0.1, -0.05) is 0 Å². The normalized spacial score (nSPS) is 26.0. The first-order valence-corrected chi connectivity index (χ1v) is 3.41. The molecular weight excluding hydrogens is 132 g/mol.